The van der Waals surface area contributed by atoms with Gasteiger partial charge in [-0.05, 0) is 49.0 Å². The molecule has 2 aromatic carbocycles. The van der Waals surface area contributed by atoms with Crippen LogP contribution >= 0.6 is 12.2 Å². The molecule has 2 bridgehead atoms. The van der Waals surface area contributed by atoms with Gasteiger partial charge in [-0.25, -0.2) is 9.69 Å². The summed E-state index contributed by atoms with van der Waals surface area (Å²) < 4.78 is 50.2. The number of nitrogens with zero attached hydrogens (tertiary/aromatic N) is 3. The lowest BCUT2D eigenvalue weighted by atomic mass is 10.1. The molecule has 0 unspecified atom stereocenters. The maximum Gasteiger partial charge on any atom is 0.416 e. The zero-order valence-corrected chi connectivity index (χ0v) is 18.2. The maximum atomic E-state index is 13.3. The van der Waals surface area contributed by atoms with Gasteiger partial charge in [0.15, 0.2) is 16.6 Å². The number of nitrogens with one attached hydrogen (secondary N) is 1. The highest BCUT2D eigenvalue weighted by molar-refractivity contribution is 7.80. The molecule has 1 N–H and O–H groups in total. The maximum absolute atomic E-state index is 13.3. The van der Waals surface area contributed by atoms with Crippen molar-refractivity contribution < 1.29 is 32.2 Å². The van der Waals surface area contributed by atoms with Gasteiger partial charge in [0.25, 0.3) is 5.91 Å². The van der Waals surface area contributed by atoms with Crippen molar-refractivity contribution in [1.29, 1.82) is 0 Å². The van der Waals surface area contributed by atoms with E-state index in [4.69, 9.17) is 21.7 Å². The molecule has 3 amide bonds. The number of alkyl halides is 3. The second kappa shape index (κ2) is 7.23. The molecule has 0 aliphatic carbocycles. The average molecular weight is 490 g/mol. The molecule has 4 aliphatic rings. The summed E-state index contributed by atoms with van der Waals surface area (Å²) in [6, 6.07) is 7.52. The van der Waals surface area contributed by atoms with Gasteiger partial charge in [-0.2, -0.15) is 13.2 Å². The highest BCUT2D eigenvalue weighted by Gasteiger charge is 2.62. The summed E-state index contributed by atoms with van der Waals surface area (Å²) in [4.78, 5) is 30.5. The van der Waals surface area contributed by atoms with E-state index < -0.39 is 29.7 Å². The van der Waals surface area contributed by atoms with Crippen molar-refractivity contribution in [1.82, 2.24) is 9.80 Å². The molecule has 2 aromatic rings. The second-order valence-corrected chi connectivity index (χ2v) is 8.85. The van der Waals surface area contributed by atoms with E-state index in [9.17, 15) is 22.8 Å². The molecule has 3 fully saturated rings. The minimum atomic E-state index is -4.58. The van der Waals surface area contributed by atoms with Gasteiger partial charge in [-0.3, -0.25) is 4.79 Å². The lowest BCUT2D eigenvalue weighted by Gasteiger charge is -2.36. The molecular weight excluding hydrogens is 473 g/mol. The van der Waals surface area contributed by atoms with Crippen LogP contribution in [-0.4, -0.2) is 58.3 Å². The van der Waals surface area contributed by atoms with E-state index in [1.807, 2.05) is 4.90 Å². The smallest absolute Gasteiger partial charge is 0.416 e. The Balaban J connectivity index is 1.23. The number of benzene rings is 2. The lowest BCUT2D eigenvalue weighted by molar-refractivity contribution is -0.137. The van der Waals surface area contributed by atoms with E-state index in [0.717, 1.165) is 17.0 Å². The van der Waals surface area contributed by atoms with Gasteiger partial charge in [0.2, 0.25) is 6.79 Å². The molecule has 0 saturated carbocycles. The summed E-state index contributed by atoms with van der Waals surface area (Å²) in [5, 5.41) is 3.53. The number of carbonyl (C=O) groups is 2. The minimum absolute atomic E-state index is 0.0914. The summed E-state index contributed by atoms with van der Waals surface area (Å²) >= 11 is 5.59. The van der Waals surface area contributed by atoms with Crippen LogP contribution in [0.4, 0.5) is 29.3 Å². The number of imide groups is 1. The third-order valence-electron chi connectivity index (χ3n) is 6.58. The SMILES string of the molecule is O=C1[C@@H]2[C@@H]3C[C@@H](CN3C(=S)Nc3ccc4c(c3)OCO4)N2C(=O)N1c1cccc(C(F)(F)F)c1. The van der Waals surface area contributed by atoms with Gasteiger partial charge >= 0.3 is 12.2 Å². The van der Waals surface area contributed by atoms with Crippen LogP contribution in [0.15, 0.2) is 42.5 Å². The predicted molar refractivity (Wildman–Crippen MR) is 118 cm³/mol. The fourth-order valence-electron chi connectivity index (χ4n) is 5.12. The molecule has 6 rings (SSSR count). The quantitative estimate of drug-likeness (QED) is 0.511. The zero-order chi connectivity index (χ0) is 23.8. The third-order valence-corrected chi connectivity index (χ3v) is 6.92. The van der Waals surface area contributed by atoms with Crippen molar-refractivity contribution in [2.75, 3.05) is 23.6 Å². The van der Waals surface area contributed by atoms with E-state index in [-0.39, 0.29) is 24.6 Å². The van der Waals surface area contributed by atoms with Crippen LogP contribution in [0, 0.1) is 0 Å². The van der Waals surface area contributed by atoms with E-state index in [2.05, 4.69) is 5.32 Å². The standard InChI is InChI=1S/C22H17F3N4O4S/c23-22(24,25)11-2-1-3-13(6-11)29-19(30)18-15-8-14(28(18)21(29)31)9-27(15)20(34)26-12-4-5-16-17(7-12)33-10-32-16/h1-7,14-15,18H,8-10H2,(H,26,34)/t14-,15-,18-/m0/s1. The first-order valence-electron chi connectivity index (χ1n) is 10.5. The second-order valence-electron chi connectivity index (χ2n) is 8.46. The highest BCUT2D eigenvalue weighted by atomic mass is 32.1. The van der Waals surface area contributed by atoms with Crippen molar-refractivity contribution in [3.63, 3.8) is 0 Å². The highest BCUT2D eigenvalue weighted by Crippen LogP contribution is 2.43. The largest absolute Gasteiger partial charge is 0.454 e. The van der Waals surface area contributed by atoms with E-state index in [0.29, 0.717) is 35.3 Å². The van der Waals surface area contributed by atoms with Crippen molar-refractivity contribution in [3.8, 4) is 11.5 Å². The number of carbonyl (C=O) groups excluding carboxylic acids is 2. The third kappa shape index (κ3) is 3.08. The van der Waals surface area contributed by atoms with Gasteiger partial charge in [0, 0.05) is 18.3 Å². The van der Waals surface area contributed by atoms with Gasteiger partial charge in [0.1, 0.15) is 6.04 Å². The number of halogens is 3. The summed E-state index contributed by atoms with van der Waals surface area (Å²) in [6.45, 7) is 0.572. The molecule has 3 saturated heterocycles. The number of hydrogen-bond acceptors (Lipinski definition) is 5. The Morgan fingerprint density at radius 1 is 1.09 bits per heavy atom. The van der Waals surface area contributed by atoms with Crippen LogP contribution in [0.5, 0.6) is 11.5 Å². The topological polar surface area (TPSA) is 74.4 Å². The van der Waals surface area contributed by atoms with Crippen LogP contribution in [0.2, 0.25) is 0 Å². The number of amides is 3. The van der Waals surface area contributed by atoms with Crippen LogP contribution in [0.1, 0.15) is 12.0 Å². The van der Waals surface area contributed by atoms with Crippen molar-refractivity contribution in [3.05, 3.63) is 48.0 Å². The molecule has 176 valence electrons. The number of ether oxygens (including phenoxy) is 2. The number of anilines is 2. The zero-order valence-electron chi connectivity index (χ0n) is 17.4. The minimum Gasteiger partial charge on any atom is -0.454 e. The van der Waals surface area contributed by atoms with Gasteiger partial charge in [-0.1, -0.05) is 6.07 Å². The van der Waals surface area contributed by atoms with Crippen molar-refractivity contribution >= 4 is 40.6 Å². The summed E-state index contributed by atoms with van der Waals surface area (Å²) in [6.07, 6.45) is -4.03. The summed E-state index contributed by atoms with van der Waals surface area (Å²) in [5.74, 6) is 0.680. The number of rotatable bonds is 2. The van der Waals surface area contributed by atoms with Crippen molar-refractivity contribution in [2.45, 2.75) is 30.7 Å². The normalized spacial score (nSPS) is 24.8. The number of hydrogen-bond donors (Lipinski definition) is 1. The number of likely N-dealkylation sites (tertiary alicyclic amines) is 1. The van der Waals surface area contributed by atoms with E-state index in [1.54, 1.807) is 18.2 Å². The first-order valence-corrected chi connectivity index (χ1v) is 10.9. The van der Waals surface area contributed by atoms with Gasteiger partial charge < -0.3 is 24.6 Å². The molecule has 4 heterocycles. The molecule has 4 aliphatic heterocycles. The van der Waals surface area contributed by atoms with Crippen LogP contribution in [0.25, 0.3) is 0 Å². The van der Waals surface area contributed by atoms with Gasteiger partial charge in [0.05, 0.1) is 23.3 Å². The fourth-order valence-corrected chi connectivity index (χ4v) is 5.45. The molecule has 34 heavy (non-hydrogen) atoms. The van der Waals surface area contributed by atoms with Crippen LogP contribution in [-0.2, 0) is 11.0 Å². The first-order chi connectivity index (χ1) is 16.2. The Bertz CT molecular complexity index is 1240. The van der Waals surface area contributed by atoms with E-state index in [1.165, 1.54) is 17.0 Å². The Kier molecular flexibility index (Phi) is 4.47. The molecule has 0 aromatic heterocycles. The molecule has 3 atom stereocenters. The fraction of sp³-hybridized carbons (Fsp3) is 0.318. The van der Waals surface area contributed by atoms with Gasteiger partial charge in [-0.15, -0.1) is 0 Å². The number of piperazine rings is 1. The Labute approximate surface area is 196 Å². The number of urea groups is 1. The molecule has 0 spiro atoms. The Morgan fingerprint density at radius 2 is 1.88 bits per heavy atom. The van der Waals surface area contributed by atoms with Crippen LogP contribution < -0.4 is 19.7 Å². The predicted octanol–water partition coefficient (Wildman–Crippen LogP) is 3.42. The Hall–Kier alpha value is -3.54. The molecule has 8 nitrogen and oxygen atoms in total. The lowest BCUT2D eigenvalue weighted by Crippen LogP contribution is -2.55. The first kappa shape index (κ1) is 21.0. The molecular formula is C22H17F3N4O4S. The average Bonchev–Trinajstić information content (AvgIpc) is 3.56. The van der Waals surface area contributed by atoms with Crippen LogP contribution in [0.3, 0.4) is 0 Å². The summed E-state index contributed by atoms with van der Waals surface area (Å²) in [5.41, 5.74) is -0.323. The summed E-state index contributed by atoms with van der Waals surface area (Å²) in [7, 11) is 0. The number of fused-ring (bicyclic) bond motifs is 6. The monoisotopic (exact) mass is 490 g/mol. The molecule has 12 heteroatoms. The number of thiocarbonyl (C=S) groups is 1. The van der Waals surface area contributed by atoms with E-state index >= 15 is 0 Å². The molecule has 0 radical (unpaired) electrons. The van der Waals surface area contributed by atoms with Crippen molar-refractivity contribution in [2.24, 2.45) is 0 Å². The Morgan fingerprint density at radius 3 is 2.68 bits per heavy atom.